The minimum absolute atomic E-state index is 0.332. The molecule has 1 unspecified atom stereocenters. The Morgan fingerprint density at radius 1 is 1.25 bits per heavy atom. The minimum Gasteiger partial charge on any atom is -0.305 e. The highest BCUT2D eigenvalue weighted by molar-refractivity contribution is 5.30. The van der Waals surface area contributed by atoms with Crippen molar-refractivity contribution in [2.75, 3.05) is 6.54 Å². The molecule has 0 fully saturated rings. The van der Waals surface area contributed by atoms with Crippen molar-refractivity contribution < 1.29 is 8.78 Å². The van der Waals surface area contributed by atoms with E-state index in [1.54, 1.807) is 0 Å². The Morgan fingerprint density at radius 2 is 2.00 bits per heavy atom. The lowest BCUT2D eigenvalue weighted by atomic mass is 10.0. The van der Waals surface area contributed by atoms with Gasteiger partial charge in [-0.05, 0) is 32.5 Å². The number of aromatic nitrogens is 2. The van der Waals surface area contributed by atoms with E-state index in [1.165, 1.54) is 12.1 Å². The predicted molar refractivity (Wildman–Crippen MR) is 74.5 cm³/mol. The summed E-state index contributed by atoms with van der Waals surface area (Å²) in [7, 11) is 0. The molecule has 1 atom stereocenters. The van der Waals surface area contributed by atoms with Crippen molar-refractivity contribution in [1.29, 1.82) is 0 Å². The predicted octanol–water partition coefficient (Wildman–Crippen LogP) is 3.19. The molecule has 1 heterocycles. The smallest absolute Gasteiger partial charge is 0.131 e. The average Bonchev–Trinajstić information content (AvgIpc) is 2.78. The van der Waals surface area contributed by atoms with Crippen molar-refractivity contribution in [2.24, 2.45) is 0 Å². The van der Waals surface area contributed by atoms with Gasteiger partial charge in [-0.2, -0.15) is 5.10 Å². The van der Waals surface area contributed by atoms with E-state index < -0.39 is 11.6 Å². The van der Waals surface area contributed by atoms with E-state index in [4.69, 9.17) is 0 Å². The highest BCUT2D eigenvalue weighted by atomic mass is 19.1. The lowest BCUT2D eigenvalue weighted by molar-refractivity contribution is 0.508. The molecule has 1 N–H and O–H groups in total. The number of rotatable bonds is 5. The summed E-state index contributed by atoms with van der Waals surface area (Å²) < 4.78 is 29.0. The minimum atomic E-state index is -0.568. The zero-order valence-electron chi connectivity index (χ0n) is 12.0. The van der Waals surface area contributed by atoms with Crippen molar-refractivity contribution in [3.05, 3.63) is 52.9 Å². The van der Waals surface area contributed by atoms with Crippen molar-refractivity contribution in [3.63, 3.8) is 0 Å². The van der Waals surface area contributed by atoms with Crippen LogP contribution in [0.4, 0.5) is 8.78 Å². The SMILES string of the molecule is CCNC(c1ccc(F)cc1F)c1cc(C)nn1CC. The molecular formula is C15H19F2N3. The van der Waals surface area contributed by atoms with Crippen molar-refractivity contribution in [2.45, 2.75) is 33.4 Å². The molecule has 108 valence electrons. The molecule has 0 aliphatic heterocycles. The molecule has 20 heavy (non-hydrogen) atoms. The summed E-state index contributed by atoms with van der Waals surface area (Å²) in [6, 6.07) is 5.28. The first-order valence-corrected chi connectivity index (χ1v) is 6.79. The van der Waals surface area contributed by atoms with Gasteiger partial charge in [0.05, 0.1) is 17.4 Å². The fourth-order valence-electron chi connectivity index (χ4n) is 2.36. The van der Waals surface area contributed by atoms with Crippen LogP contribution in [-0.2, 0) is 6.54 Å². The van der Waals surface area contributed by atoms with Crippen LogP contribution in [0.2, 0.25) is 0 Å². The molecule has 0 spiro atoms. The number of hydrogen-bond donors (Lipinski definition) is 1. The summed E-state index contributed by atoms with van der Waals surface area (Å²) in [4.78, 5) is 0. The summed E-state index contributed by atoms with van der Waals surface area (Å²) in [5, 5.41) is 7.63. The summed E-state index contributed by atoms with van der Waals surface area (Å²) in [6.07, 6.45) is 0. The largest absolute Gasteiger partial charge is 0.305 e. The number of aryl methyl sites for hydroxylation is 2. The van der Waals surface area contributed by atoms with Crippen LogP contribution in [0.15, 0.2) is 24.3 Å². The summed E-state index contributed by atoms with van der Waals surface area (Å²) >= 11 is 0. The number of hydrogen-bond acceptors (Lipinski definition) is 2. The van der Waals surface area contributed by atoms with Crippen LogP contribution in [0.25, 0.3) is 0 Å². The zero-order valence-corrected chi connectivity index (χ0v) is 12.0. The van der Waals surface area contributed by atoms with Gasteiger partial charge in [0.2, 0.25) is 0 Å². The maximum absolute atomic E-state index is 14.0. The Hall–Kier alpha value is -1.75. The van der Waals surface area contributed by atoms with Crippen LogP contribution >= 0.6 is 0 Å². The molecule has 0 saturated heterocycles. The standard InChI is InChI=1S/C15H19F2N3/c1-4-18-15(12-7-6-11(16)9-13(12)17)14-8-10(3)19-20(14)5-2/h6-9,15,18H,4-5H2,1-3H3. The quantitative estimate of drug-likeness (QED) is 0.911. The Balaban J connectivity index is 2.49. The van der Waals surface area contributed by atoms with Gasteiger partial charge in [0, 0.05) is 18.2 Å². The first-order valence-electron chi connectivity index (χ1n) is 6.79. The lowest BCUT2D eigenvalue weighted by Gasteiger charge is -2.20. The van der Waals surface area contributed by atoms with E-state index in [-0.39, 0.29) is 6.04 Å². The fourth-order valence-corrected chi connectivity index (χ4v) is 2.36. The van der Waals surface area contributed by atoms with Gasteiger partial charge in [0.25, 0.3) is 0 Å². The zero-order chi connectivity index (χ0) is 14.7. The van der Waals surface area contributed by atoms with E-state index in [2.05, 4.69) is 10.4 Å². The third-order valence-electron chi connectivity index (χ3n) is 3.21. The molecular weight excluding hydrogens is 260 g/mol. The third-order valence-corrected chi connectivity index (χ3v) is 3.21. The second kappa shape index (κ2) is 6.13. The highest BCUT2D eigenvalue weighted by Crippen LogP contribution is 2.25. The molecule has 5 heteroatoms. The van der Waals surface area contributed by atoms with Gasteiger partial charge >= 0.3 is 0 Å². The summed E-state index contributed by atoms with van der Waals surface area (Å²) in [5.74, 6) is -1.11. The van der Waals surface area contributed by atoms with Crippen molar-refractivity contribution >= 4 is 0 Å². The van der Waals surface area contributed by atoms with Gasteiger partial charge in [-0.3, -0.25) is 4.68 Å². The highest BCUT2D eigenvalue weighted by Gasteiger charge is 2.21. The van der Waals surface area contributed by atoms with Gasteiger partial charge < -0.3 is 5.32 Å². The van der Waals surface area contributed by atoms with Crippen LogP contribution in [0.1, 0.15) is 36.8 Å². The number of benzene rings is 1. The van der Waals surface area contributed by atoms with Crippen LogP contribution in [0, 0.1) is 18.6 Å². The molecule has 0 amide bonds. The maximum atomic E-state index is 14.0. The van der Waals surface area contributed by atoms with Crippen molar-refractivity contribution in [1.82, 2.24) is 15.1 Å². The van der Waals surface area contributed by atoms with Gasteiger partial charge in [0.1, 0.15) is 11.6 Å². The van der Waals surface area contributed by atoms with Crippen LogP contribution in [-0.4, -0.2) is 16.3 Å². The molecule has 0 aliphatic rings. The van der Waals surface area contributed by atoms with Gasteiger partial charge in [-0.1, -0.05) is 13.0 Å². The Bertz CT molecular complexity index is 593. The second-order valence-corrected chi connectivity index (χ2v) is 4.68. The number of nitrogens with one attached hydrogen (secondary N) is 1. The van der Waals surface area contributed by atoms with Gasteiger partial charge in [0.15, 0.2) is 0 Å². The first-order chi connectivity index (χ1) is 9.56. The molecule has 1 aromatic heterocycles. The summed E-state index contributed by atoms with van der Waals surface area (Å²) in [5.41, 5.74) is 2.20. The van der Waals surface area contributed by atoms with E-state index in [9.17, 15) is 8.78 Å². The van der Waals surface area contributed by atoms with Crippen LogP contribution < -0.4 is 5.32 Å². The summed E-state index contributed by atoms with van der Waals surface area (Å²) in [6.45, 7) is 7.22. The van der Waals surface area contributed by atoms with Gasteiger partial charge in [-0.25, -0.2) is 8.78 Å². The number of nitrogens with zero attached hydrogens (tertiary/aromatic N) is 2. The van der Waals surface area contributed by atoms with E-state index in [0.29, 0.717) is 18.7 Å². The average molecular weight is 279 g/mol. The molecule has 0 aliphatic carbocycles. The molecule has 0 bridgehead atoms. The molecule has 2 aromatic rings. The van der Waals surface area contributed by atoms with Crippen LogP contribution in [0.5, 0.6) is 0 Å². The Labute approximate surface area is 117 Å². The monoisotopic (exact) mass is 279 g/mol. The van der Waals surface area contributed by atoms with Crippen molar-refractivity contribution in [3.8, 4) is 0 Å². The molecule has 2 rings (SSSR count). The van der Waals surface area contributed by atoms with Crippen LogP contribution in [0.3, 0.4) is 0 Å². The molecule has 0 saturated carbocycles. The normalized spacial score (nSPS) is 12.7. The first kappa shape index (κ1) is 14.7. The molecule has 3 nitrogen and oxygen atoms in total. The van der Waals surface area contributed by atoms with E-state index in [1.807, 2.05) is 31.5 Å². The molecule has 0 radical (unpaired) electrons. The Kier molecular flexibility index (Phi) is 4.49. The number of halogens is 2. The maximum Gasteiger partial charge on any atom is 0.131 e. The van der Waals surface area contributed by atoms with E-state index >= 15 is 0 Å². The van der Waals surface area contributed by atoms with E-state index in [0.717, 1.165) is 17.5 Å². The second-order valence-electron chi connectivity index (χ2n) is 4.68. The lowest BCUT2D eigenvalue weighted by Crippen LogP contribution is -2.25. The molecule has 1 aromatic carbocycles. The van der Waals surface area contributed by atoms with Gasteiger partial charge in [-0.15, -0.1) is 0 Å². The Morgan fingerprint density at radius 3 is 2.60 bits per heavy atom. The third kappa shape index (κ3) is 2.88. The topological polar surface area (TPSA) is 29.9 Å². The fraction of sp³-hybridized carbons (Fsp3) is 0.400.